The van der Waals surface area contributed by atoms with Gasteiger partial charge in [-0.15, -0.1) is 17.0 Å². The van der Waals surface area contributed by atoms with Gasteiger partial charge in [0.25, 0.3) is 0 Å². The normalized spacial score (nSPS) is 7.20. The SMILES string of the molecule is Br.[Br][Bi]([Br])[Br]. The van der Waals surface area contributed by atoms with Crippen molar-refractivity contribution < 1.29 is 0 Å². The van der Waals surface area contributed by atoms with E-state index in [1.165, 1.54) is 0 Å². The molecular weight excluding hydrogens is 529 g/mol. The van der Waals surface area contributed by atoms with Gasteiger partial charge in [-0.05, 0) is 0 Å². The number of halogens is 4. The van der Waals surface area contributed by atoms with Crippen LogP contribution in [0.25, 0.3) is 0 Å². The fourth-order valence-electron chi connectivity index (χ4n) is 0. The predicted octanol–water partition coefficient (Wildman–Crippen LogP) is 2.73. The van der Waals surface area contributed by atoms with Crippen LogP contribution in [0.5, 0.6) is 0 Å². The number of hydrogen-bond acceptors (Lipinski definition) is 0. The zero-order valence-corrected chi connectivity index (χ0v) is 11.9. The Hall–Kier alpha value is 2.80. The van der Waals surface area contributed by atoms with Crippen molar-refractivity contribution in [1.29, 1.82) is 0 Å². The average Bonchev–Trinajstić information content (AvgIpc) is 0.811. The van der Waals surface area contributed by atoms with Crippen LogP contribution in [0.15, 0.2) is 0 Å². The molecule has 0 unspecified atom stereocenters. The summed E-state index contributed by atoms with van der Waals surface area (Å²) in [7, 11) is 0. The maximum atomic E-state index is 3.31. The summed E-state index contributed by atoms with van der Waals surface area (Å²) in [4.78, 5) is 0. The van der Waals surface area contributed by atoms with Crippen molar-refractivity contribution in [3.8, 4) is 0 Å². The van der Waals surface area contributed by atoms with Crippen LogP contribution in [-0.2, 0) is 0 Å². The third-order valence-corrected chi connectivity index (χ3v) is 0. The summed E-state index contributed by atoms with van der Waals surface area (Å²) in [6, 6.07) is 0. The predicted molar refractivity (Wildman–Crippen MR) is 42.9 cm³/mol. The van der Waals surface area contributed by atoms with Crippen LogP contribution in [0.1, 0.15) is 0 Å². The van der Waals surface area contributed by atoms with Crippen LogP contribution in [0.3, 0.4) is 0 Å². The first-order valence-electron chi connectivity index (χ1n) is 0.507. The molecule has 0 aliphatic rings. The van der Waals surface area contributed by atoms with Crippen molar-refractivity contribution in [3.63, 3.8) is 0 Å². The van der Waals surface area contributed by atoms with Gasteiger partial charge in [0, 0.05) is 0 Å². The van der Waals surface area contributed by atoms with Gasteiger partial charge in [0.15, 0.2) is 0 Å². The average molecular weight is 530 g/mol. The van der Waals surface area contributed by atoms with E-state index in [4.69, 9.17) is 0 Å². The van der Waals surface area contributed by atoms with Gasteiger partial charge >= 0.3 is 51.4 Å². The Morgan fingerprint density at radius 1 is 1.00 bits per heavy atom. The molecular formula is HBiBr4. The van der Waals surface area contributed by atoms with E-state index in [2.05, 4.69) is 36.7 Å². The van der Waals surface area contributed by atoms with Crippen molar-refractivity contribution in [2.24, 2.45) is 0 Å². The minimum atomic E-state index is -1.16. The van der Waals surface area contributed by atoms with Crippen molar-refractivity contribution >= 4 is 68.3 Å². The molecule has 0 rings (SSSR count). The first-order valence-corrected chi connectivity index (χ1v) is 23.1. The van der Waals surface area contributed by atoms with Crippen LogP contribution in [-0.4, -0.2) is 14.7 Å². The molecule has 5 heteroatoms. The molecule has 0 aromatic rings. The Bertz CT molecular complexity index is 8.36. The summed E-state index contributed by atoms with van der Waals surface area (Å²) in [5.74, 6) is 0. The van der Waals surface area contributed by atoms with Crippen molar-refractivity contribution in [2.45, 2.75) is 0 Å². The van der Waals surface area contributed by atoms with E-state index in [1.807, 2.05) is 0 Å². The van der Waals surface area contributed by atoms with Gasteiger partial charge in [-0.1, -0.05) is 0 Å². The molecule has 0 spiro atoms. The van der Waals surface area contributed by atoms with E-state index in [0.29, 0.717) is 0 Å². The fraction of sp³-hybridized carbons (Fsp3) is 0. The van der Waals surface area contributed by atoms with Crippen molar-refractivity contribution in [2.75, 3.05) is 0 Å². The number of hydrogen-bond donors (Lipinski definition) is 0. The molecule has 0 amide bonds. The minimum absolute atomic E-state index is 0. The Balaban J connectivity index is 0. The molecule has 0 aromatic heterocycles. The molecule has 0 saturated heterocycles. The van der Waals surface area contributed by atoms with Crippen molar-refractivity contribution in [3.05, 3.63) is 0 Å². The second kappa shape index (κ2) is 6.80. The zero-order valence-electron chi connectivity index (χ0n) is 1.99. The summed E-state index contributed by atoms with van der Waals surface area (Å²) in [6.07, 6.45) is 0. The summed E-state index contributed by atoms with van der Waals surface area (Å²) in [5, 5.41) is 0. The molecule has 0 aliphatic carbocycles. The summed E-state index contributed by atoms with van der Waals surface area (Å²) in [5.41, 5.74) is 0. The van der Waals surface area contributed by atoms with Gasteiger partial charge in [-0.25, -0.2) is 0 Å². The van der Waals surface area contributed by atoms with Crippen LogP contribution in [0, 0.1) is 0 Å². The third kappa shape index (κ3) is 20.0. The Kier molecular flexibility index (Phi) is 14.6. The van der Waals surface area contributed by atoms with E-state index in [0.717, 1.165) is 0 Å². The van der Waals surface area contributed by atoms with Gasteiger partial charge < -0.3 is 0 Å². The third-order valence-electron chi connectivity index (χ3n) is 0. The van der Waals surface area contributed by atoms with Crippen LogP contribution < -0.4 is 0 Å². The topological polar surface area (TPSA) is 0 Å². The van der Waals surface area contributed by atoms with Crippen LogP contribution in [0.2, 0.25) is 0 Å². The second-order valence-corrected chi connectivity index (χ2v) is 45.4. The molecule has 0 N–H and O–H groups in total. The van der Waals surface area contributed by atoms with E-state index >= 15 is 0 Å². The van der Waals surface area contributed by atoms with E-state index < -0.39 is 14.7 Å². The quantitative estimate of drug-likeness (QED) is 0.424. The first kappa shape index (κ1) is 10.7. The van der Waals surface area contributed by atoms with Crippen molar-refractivity contribution in [1.82, 2.24) is 0 Å². The molecule has 0 aromatic carbocycles. The van der Waals surface area contributed by atoms with Gasteiger partial charge in [0.05, 0.1) is 0 Å². The monoisotopic (exact) mass is 526 g/mol. The zero-order chi connectivity index (χ0) is 3.58. The van der Waals surface area contributed by atoms with Crippen LogP contribution >= 0.6 is 53.6 Å². The molecule has 0 heterocycles. The van der Waals surface area contributed by atoms with Gasteiger partial charge in [-0.2, -0.15) is 0 Å². The molecule has 0 bridgehead atoms. The Morgan fingerprint density at radius 2 is 1.00 bits per heavy atom. The molecule has 0 aliphatic heterocycles. The standard InChI is InChI=1S/Bi.4BrH/h;4*1H/q+3;;;;/p-3. The molecule has 0 atom stereocenters. The maximum absolute atomic E-state index is 3.31. The second-order valence-electron chi connectivity index (χ2n) is 0.192. The summed E-state index contributed by atoms with van der Waals surface area (Å²) >= 11 is 8.77. The molecule has 0 radical (unpaired) electrons. The summed E-state index contributed by atoms with van der Waals surface area (Å²) in [6.45, 7) is 0. The molecule has 34 valence electrons. The molecule has 0 nitrogen and oxygen atoms in total. The van der Waals surface area contributed by atoms with E-state index in [9.17, 15) is 0 Å². The Labute approximate surface area is 66.9 Å². The van der Waals surface area contributed by atoms with E-state index in [1.54, 1.807) is 0 Å². The molecule has 5 heavy (non-hydrogen) atoms. The van der Waals surface area contributed by atoms with Crippen LogP contribution in [0.4, 0.5) is 0 Å². The van der Waals surface area contributed by atoms with E-state index in [-0.39, 0.29) is 17.0 Å². The van der Waals surface area contributed by atoms with Gasteiger partial charge in [0.1, 0.15) is 0 Å². The first-order chi connectivity index (χ1) is 1.73. The van der Waals surface area contributed by atoms with Gasteiger partial charge in [0.2, 0.25) is 0 Å². The fourth-order valence-corrected chi connectivity index (χ4v) is 0. The molecule has 0 saturated carbocycles. The number of rotatable bonds is 0. The Morgan fingerprint density at radius 3 is 1.00 bits per heavy atom. The van der Waals surface area contributed by atoms with Gasteiger partial charge in [-0.3, -0.25) is 0 Å². The molecule has 0 fully saturated rings. The summed E-state index contributed by atoms with van der Waals surface area (Å²) < 4.78 is 0.